The minimum Gasteiger partial charge on any atom is -0.480 e. The van der Waals surface area contributed by atoms with E-state index in [0.717, 1.165) is 27.2 Å². The molecule has 2 aromatic rings. The van der Waals surface area contributed by atoms with Gasteiger partial charge in [0.15, 0.2) is 0 Å². The Morgan fingerprint density at radius 3 is 2.12 bits per heavy atom. The summed E-state index contributed by atoms with van der Waals surface area (Å²) in [5.74, 6) is -1.56. The molecular formula is C21H23NO4. The van der Waals surface area contributed by atoms with Crippen molar-refractivity contribution in [3.63, 3.8) is 0 Å². The highest BCUT2D eigenvalue weighted by Gasteiger charge is 2.33. The van der Waals surface area contributed by atoms with Gasteiger partial charge in [-0.15, -0.1) is 0 Å². The predicted octanol–water partition coefficient (Wildman–Crippen LogP) is 3.98. The largest absolute Gasteiger partial charge is 0.480 e. The molecule has 26 heavy (non-hydrogen) atoms. The molecule has 0 aromatic heterocycles. The highest BCUT2D eigenvalue weighted by Crippen LogP contribution is 2.44. The summed E-state index contributed by atoms with van der Waals surface area (Å²) in [4.78, 5) is 25.0. The van der Waals surface area contributed by atoms with E-state index in [2.05, 4.69) is 0 Å². The van der Waals surface area contributed by atoms with Crippen LogP contribution in [0.3, 0.4) is 0 Å². The number of carbonyl (C=O) groups is 2. The van der Waals surface area contributed by atoms with Crippen molar-refractivity contribution in [1.82, 2.24) is 4.90 Å². The summed E-state index contributed by atoms with van der Waals surface area (Å²) in [6.07, 6.45) is -0.770. The Bertz CT molecular complexity index is 806. The lowest BCUT2D eigenvalue weighted by Crippen LogP contribution is -2.46. The molecule has 0 aliphatic heterocycles. The van der Waals surface area contributed by atoms with Crippen LogP contribution in [0.1, 0.15) is 32.3 Å². The number of likely N-dealkylation sites (N-methyl/N-ethyl adjacent to an activating group) is 1. The molecule has 0 bridgehead atoms. The zero-order valence-corrected chi connectivity index (χ0v) is 14.9. The summed E-state index contributed by atoms with van der Waals surface area (Å²) in [7, 11) is -0.466. The van der Waals surface area contributed by atoms with Gasteiger partial charge in [0.05, 0.1) is 0 Å². The van der Waals surface area contributed by atoms with Crippen molar-refractivity contribution in [2.45, 2.75) is 25.8 Å². The van der Waals surface area contributed by atoms with E-state index < -0.39 is 25.1 Å². The van der Waals surface area contributed by atoms with Crippen LogP contribution in [-0.2, 0) is 9.53 Å². The van der Waals surface area contributed by atoms with Crippen LogP contribution in [0, 0.1) is 5.92 Å². The molecule has 5 heteroatoms. The predicted molar refractivity (Wildman–Crippen MR) is 99.1 cm³/mol. The summed E-state index contributed by atoms with van der Waals surface area (Å²) >= 11 is 0. The van der Waals surface area contributed by atoms with Gasteiger partial charge in [-0.1, -0.05) is 62.4 Å². The van der Waals surface area contributed by atoms with Crippen molar-refractivity contribution in [2.24, 2.45) is 5.92 Å². The fraction of sp³-hybridized carbons (Fsp3) is 0.333. The van der Waals surface area contributed by atoms with Gasteiger partial charge in [0.2, 0.25) is 0 Å². The number of benzene rings is 2. The van der Waals surface area contributed by atoms with E-state index in [1.54, 1.807) is 13.8 Å². The number of carboxylic acid groups (broad SMARTS) is 1. The molecular weight excluding hydrogens is 330 g/mol. The van der Waals surface area contributed by atoms with Gasteiger partial charge >= 0.3 is 12.1 Å². The second-order valence-electron chi connectivity index (χ2n) is 6.80. The third-order valence-corrected chi connectivity index (χ3v) is 4.79. The first-order chi connectivity index (χ1) is 13.0. The Kier molecular flexibility index (Phi) is 4.61. The van der Waals surface area contributed by atoms with Crippen LogP contribution in [0.4, 0.5) is 4.79 Å². The third-order valence-electron chi connectivity index (χ3n) is 4.79. The van der Waals surface area contributed by atoms with Crippen LogP contribution >= 0.6 is 0 Å². The molecule has 1 aliphatic rings. The lowest BCUT2D eigenvalue weighted by Gasteiger charge is -2.27. The monoisotopic (exact) mass is 354 g/mol. The Hall–Kier alpha value is -2.82. The maximum atomic E-state index is 12.5. The first-order valence-corrected chi connectivity index (χ1v) is 8.59. The van der Waals surface area contributed by atoms with Crippen molar-refractivity contribution < 1.29 is 20.8 Å². The van der Waals surface area contributed by atoms with Gasteiger partial charge in [0, 0.05) is 14.3 Å². The second-order valence-corrected chi connectivity index (χ2v) is 6.80. The summed E-state index contributed by atoms with van der Waals surface area (Å²) in [5, 5.41) is 9.40. The Morgan fingerprint density at radius 1 is 1.12 bits per heavy atom. The zero-order valence-electron chi connectivity index (χ0n) is 15.9. The van der Waals surface area contributed by atoms with E-state index in [9.17, 15) is 14.7 Å². The quantitative estimate of drug-likeness (QED) is 0.882. The number of fused-ring (bicyclic) bond motifs is 3. The summed E-state index contributed by atoms with van der Waals surface area (Å²) in [6, 6.07) is 14.9. The molecule has 1 amide bonds. The molecule has 1 atom stereocenters. The van der Waals surface area contributed by atoms with E-state index in [4.69, 9.17) is 6.11 Å². The number of carboxylic acids is 1. The number of nitrogens with zero attached hydrogens (tertiary/aromatic N) is 1. The van der Waals surface area contributed by atoms with Gasteiger partial charge in [-0.25, -0.2) is 9.59 Å². The maximum Gasteiger partial charge on any atom is 0.410 e. The molecule has 0 saturated carbocycles. The van der Waals surface area contributed by atoms with Gasteiger partial charge in [0.1, 0.15) is 12.6 Å². The highest BCUT2D eigenvalue weighted by molar-refractivity contribution is 5.81. The molecule has 0 spiro atoms. The fourth-order valence-corrected chi connectivity index (χ4v) is 3.57. The zero-order chi connectivity index (χ0) is 19.6. The van der Waals surface area contributed by atoms with Gasteiger partial charge < -0.3 is 9.84 Å². The number of aliphatic carboxylic acids is 1. The summed E-state index contributed by atoms with van der Waals surface area (Å²) in [6.45, 7) is 3.52. The van der Waals surface area contributed by atoms with Crippen LogP contribution in [-0.4, -0.2) is 41.7 Å². The topological polar surface area (TPSA) is 66.8 Å². The SMILES string of the molecule is [2H]CN(C(=O)OCC1c2ccccc2-c2ccccc21)[C@H](C(=O)O)C(C)C. The third kappa shape index (κ3) is 3.17. The van der Waals surface area contributed by atoms with Crippen molar-refractivity contribution in [3.8, 4) is 11.1 Å². The van der Waals surface area contributed by atoms with Gasteiger partial charge in [-0.2, -0.15) is 0 Å². The van der Waals surface area contributed by atoms with Gasteiger partial charge in [-0.05, 0) is 28.2 Å². The highest BCUT2D eigenvalue weighted by atomic mass is 16.6. The molecule has 1 aliphatic carbocycles. The number of ether oxygens (including phenoxy) is 1. The number of rotatable bonds is 5. The summed E-state index contributed by atoms with van der Waals surface area (Å²) < 4.78 is 13.1. The summed E-state index contributed by atoms with van der Waals surface area (Å²) in [5.41, 5.74) is 4.42. The Labute approximate surface area is 154 Å². The lowest BCUT2D eigenvalue weighted by molar-refractivity contribution is -0.143. The molecule has 5 nitrogen and oxygen atoms in total. The van der Waals surface area contributed by atoms with Crippen LogP contribution in [0.2, 0.25) is 0 Å². The van der Waals surface area contributed by atoms with Crippen molar-refractivity contribution in [2.75, 3.05) is 13.6 Å². The van der Waals surface area contributed by atoms with Crippen LogP contribution in [0.15, 0.2) is 48.5 Å². The molecule has 3 rings (SSSR count). The first-order valence-electron chi connectivity index (χ1n) is 9.30. The fourth-order valence-electron chi connectivity index (χ4n) is 3.57. The van der Waals surface area contributed by atoms with Crippen LogP contribution in [0.5, 0.6) is 0 Å². The molecule has 136 valence electrons. The van der Waals surface area contributed by atoms with Crippen molar-refractivity contribution >= 4 is 12.1 Å². The number of hydrogen-bond acceptors (Lipinski definition) is 3. The molecule has 1 N–H and O–H groups in total. The molecule has 0 heterocycles. The number of amides is 1. The van der Waals surface area contributed by atoms with Gasteiger partial charge in [-0.3, -0.25) is 4.90 Å². The average Bonchev–Trinajstić information content (AvgIpc) is 2.97. The Balaban J connectivity index is 1.80. The van der Waals surface area contributed by atoms with E-state index in [1.807, 2.05) is 48.5 Å². The second kappa shape index (κ2) is 7.20. The first kappa shape index (κ1) is 16.6. The van der Waals surface area contributed by atoms with E-state index in [0.29, 0.717) is 0 Å². The smallest absolute Gasteiger partial charge is 0.410 e. The maximum absolute atomic E-state index is 12.5. The van der Waals surface area contributed by atoms with Gasteiger partial charge in [0.25, 0.3) is 0 Å². The molecule has 0 unspecified atom stereocenters. The molecule has 2 aromatic carbocycles. The van der Waals surface area contributed by atoms with Crippen molar-refractivity contribution in [1.29, 1.82) is 0 Å². The standard InChI is InChI=1S/C21H23NO4/c1-13(2)19(20(23)24)22(3)21(25)26-12-18-16-10-6-4-8-14(16)15-9-5-7-11-17(15)18/h4-11,13,18-19H,12H2,1-3H3,(H,23,24)/t19-/m0/s1/i3D. The molecule has 0 fully saturated rings. The van der Waals surface area contributed by atoms with E-state index in [1.165, 1.54) is 0 Å². The minimum atomic E-state index is -1.13. The number of hydrogen-bond donors (Lipinski definition) is 1. The molecule has 0 saturated heterocycles. The average molecular weight is 354 g/mol. The van der Waals surface area contributed by atoms with Crippen LogP contribution < -0.4 is 0 Å². The Morgan fingerprint density at radius 2 is 1.65 bits per heavy atom. The normalized spacial score (nSPS) is 14.3. The minimum absolute atomic E-state index is 0.101. The van der Waals surface area contributed by atoms with E-state index in [-0.39, 0.29) is 18.4 Å². The van der Waals surface area contributed by atoms with Crippen molar-refractivity contribution in [3.05, 3.63) is 59.7 Å². The molecule has 0 radical (unpaired) electrons. The van der Waals surface area contributed by atoms with Crippen LogP contribution in [0.25, 0.3) is 11.1 Å². The lowest BCUT2D eigenvalue weighted by atomic mass is 9.98. The number of carbonyl (C=O) groups excluding carboxylic acids is 1. The van der Waals surface area contributed by atoms with E-state index >= 15 is 0 Å².